The molecule has 0 saturated heterocycles. The van der Waals surface area contributed by atoms with Crippen molar-refractivity contribution in [2.45, 2.75) is 26.6 Å². The van der Waals surface area contributed by atoms with Crippen molar-refractivity contribution in [1.29, 1.82) is 0 Å². The van der Waals surface area contributed by atoms with Crippen LogP contribution in [0.5, 0.6) is 11.5 Å². The van der Waals surface area contributed by atoms with Gasteiger partial charge in [0.05, 0.1) is 17.6 Å². The van der Waals surface area contributed by atoms with Crippen LogP contribution in [0.3, 0.4) is 0 Å². The SMILES string of the molecule is CCn1c(CNC(=O)N(C)Cc2ccc3c(c2)OCO3)nc2ccccc21. The van der Waals surface area contributed by atoms with Gasteiger partial charge >= 0.3 is 6.03 Å². The van der Waals surface area contributed by atoms with Gasteiger partial charge in [-0.15, -0.1) is 0 Å². The van der Waals surface area contributed by atoms with Gasteiger partial charge in [0.2, 0.25) is 6.79 Å². The molecule has 1 aliphatic rings. The minimum atomic E-state index is -0.151. The Hall–Kier alpha value is -3.22. The number of carbonyl (C=O) groups is 1. The van der Waals surface area contributed by atoms with Crippen LogP contribution in [0.15, 0.2) is 42.5 Å². The van der Waals surface area contributed by atoms with E-state index in [1.165, 1.54) is 0 Å². The molecule has 2 heterocycles. The van der Waals surface area contributed by atoms with E-state index in [0.29, 0.717) is 13.1 Å². The summed E-state index contributed by atoms with van der Waals surface area (Å²) in [5, 5.41) is 2.95. The number of benzene rings is 2. The first-order chi connectivity index (χ1) is 13.2. The lowest BCUT2D eigenvalue weighted by atomic mass is 10.2. The average Bonchev–Trinajstić information content (AvgIpc) is 3.29. The second kappa shape index (κ2) is 7.19. The Morgan fingerprint density at radius 3 is 2.89 bits per heavy atom. The molecule has 7 heteroatoms. The van der Waals surface area contributed by atoms with Gasteiger partial charge in [-0.3, -0.25) is 0 Å². The molecule has 0 spiro atoms. The number of hydrogen-bond donors (Lipinski definition) is 1. The first kappa shape index (κ1) is 17.2. The van der Waals surface area contributed by atoms with Crippen LogP contribution < -0.4 is 14.8 Å². The number of nitrogens with one attached hydrogen (secondary N) is 1. The summed E-state index contributed by atoms with van der Waals surface area (Å²) in [6, 6.07) is 13.6. The van der Waals surface area contributed by atoms with Gasteiger partial charge in [0.15, 0.2) is 11.5 Å². The number of aromatic nitrogens is 2. The van der Waals surface area contributed by atoms with E-state index in [-0.39, 0.29) is 12.8 Å². The molecular formula is C20H22N4O3. The minimum Gasteiger partial charge on any atom is -0.454 e. The van der Waals surface area contributed by atoms with E-state index in [1.807, 2.05) is 42.5 Å². The summed E-state index contributed by atoms with van der Waals surface area (Å²) < 4.78 is 12.8. The van der Waals surface area contributed by atoms with Gasteiger partial charge in [0.25, 0.3) is 0 Å². The minimum absolute atomic E-state index is 0.151. The second-order valence-corrected chi connectivity index (χ2v) is 6.46. The second-order valence-electron chi connectivity index (χ2n) is 6.46. The third-order valence-corrected chi connectivity index (χ3v) is 4.65. The van der Waals surface area contributed by atoms with Crippen molar-refractivity contribution in [3.63, 3.8) is 0 Å². The number of nitrogens with zero attached hydrogens (tertiary/aromatic N) is 3. The molecule has 140 valence electrons. The molecule has 1 aromatic heterocycles. The number of amides is 2. The fraction of sp³-hybridized carbons (Fsp3) is 0.300. The molecule has 27 heavy (non-hydrogen) atoms. The van der Waals surface area contributed by atoms with Crippen LogP contribution in [-0.2, 0) is 19.6 Å². The van der Waals surface area contributed by atoms with Gasteiger partial charge < -0.3 is 24.3 Å². The zero-order valence-electron chi connectivity index (χ0n) is 15.4. The summed E-state index contributed by atoms with van der Waals surface area (Å²) in [5.41, 5.74) is 3.01. The summed E-state index contributed by atoms with van der Waals surface area (Å²) in [6.07, 6.45) is 0. The first-order valence-electron chi connectivity index (χ1n) is 8.97. The Morgan fingerprint density at radius 2 is 2.04 bits per heavy atom. The molecule has 7 nitrogen and oxygen atoms in total. The standard InChI is InChI=1S/C20H22N4O3/c1-3-24-16-7-5-4-6-15(16)22-19(24)11-21-20(25)23(2)12-14-8-9-17-18(10-14)27-13-26-17/h4-10H,3,11-13H2,1-2H3,(H,21,25). The zero-order valence-corrected chi connectivity index (χ0v) is 15.4. The molecule has 0 aliphatic carbocycles. The molecule has 2 amide bonds. The maximum Gasteiger partial charge on any atom is 0.317 e. The van der Waals surface area contributed by atoms with Crippen LogP contribution in [0.25, 0.3) is 11.0 Å². The molecular weight excluding hydrogens is 344 g/mol. The molecule has 0 radical (unpaired) electrons. The monoisotopic (exact) mass is 366 g/mol. The van der Waals surface area contributed by atoms with Crippen molar-refractivity contribution in [2.75, 3.05) is 13.8 Å². The number of imidazole rings is 1. The molecule has 0 atom stereocenters. The van der Waals surface area contributed by atoms with Crippen molar-refractivity contribution in [3.8, 4) is 11.5 Å². The molecule has 0 unspecified atom stereocenters. The van der Waals surface area contributed by atoms with Crippen molar-refractivity contribution in [1.82, 2.24) is 19.8 Å². The predicted molar refractivity (Wildman–Crippen MR) is 102 cm³/mol. The number of fused-ring (bicyclic) bond motifs is 2. The van der Waals surface area contributed by atoms with E-state index in [0.717, 1.165) is 40.5 Å². The van der Waals surface area contributed by atoms with Gasteiger partial charge in [-0.1, -0.05) is 18.2 Å². The largest absolute Gasteiger partial charge is 0.454 e. The average molecular weight is 366 g/mol. The van der Waals surface area contributed by atoms with Gasteiger partial charge in [-0.05, 0) is 36.8 Å². The Morgan fingerprint density at radius 1 is 1.22 bits per heavy atom. The number of rotatable bonds is 5. The third-order valence-electron chi connectivity index (χ3n) is 4.65. The van der Waals surface area contributed by atoms with E-state index in [9.17, 15) is 4.79 Å². The van der Waals surface area contributed by atoms with Crippen LogP contribution in [0.2, 0.25) is 0 Å². The lowest BCUT2D eigenvalue weighted by Gasteiger charge is -2.18. The molecule has 4 rings (SSSR count). The maximum atomic E-state index is 12.5. The topological polar surface area (TPSA) is 68.6 Å². The van der Waals surface area contributed by atoms with Gasteiger partial charge in [0.1, 0.15) is 5.82 Å². The van der Waals surface area contributed by atoms with Gasteiger partial charge in [-0.25, -0.2) is 9.78 Å². The fourth-order valence-corrected chi connectivity index (χ4v) is 3.29. The summed E-state index contributed by atoms with van der Waals surface area (Å²) in [7, 11) is 1.77. The Kier molecular flexibility index (Phi) is 4.58. The number of para-hydroxylation sites is 2. The number of ether oxygens (including phenoxy) is 2. The normalized spacial score (nSPS) is 12.4. The maximum absolute atomic E-state index is 12.5. The molecule has 0 saturated carbocycles. The molecule has 1 N–H and O–H groups in total. The van der Waals surface area contributed by atoms with Crippen molar-refractivity contribution in [2.24, 2.45) is 0 Å². The quantitative estimate of drug-likeness (QED) is 0.753. The van der Waals surface area contributed by atoms with E-state index < -0.39 is 0 Å². The fourth-order valence-electron chi connectivity index (χ4n) is 3.29. The first-order valence-corrected chi connectivity index (χ1v) is 8.97. The van der Waals surface area contributed by atoms with Crippen LogP contribution in [-0.4, -0.2) is 34.3 Å². The van der Waals surface area contributed by atoms with E-state index >= 15 is 0 Å². The number of aryl methyl sites for hydroxylation is 1. The molecule has 3 aromatic rings. The summed E-state index contributed by atoms with van der Waals surface area (Å²) >= 11 is 0. The van der Waals surface area contributed by atoms with Crippen LogP contribution >= 0.6 is 0 Å². The molecule has 2 aromatic carbocycles. The number of carbonyl (C=O) groups excluding carboxylic acids is 1. The summed E-state index contributed by atoms with van der Waals surface area (Å²) in [6.45, 7) is 3.98. The zero-order chi connectivity index (χ0) is 18.8. The van der Waals surface area contributed by atoms with E-state index in [2.05, 4.69) is 21.8 Å². The highest BCUT2D eigenvalue weighted by atomic mass is 16.7. The number of hydrogen-bond acceptors (Lipinski definition) is 4. The van der Waals surface area contributed by atoms with Crippen LogP contribution in [0.1, 0.15) is 18.3 Å². The van der Waals surface area contributed by atoms with E-state index in [1.54, 1.807) is 11.9 Å². The van der Waals surface area contributed by atoms with Crippen molar-refractivity contribution in [3.05, 3.63) is 53.9 Å². The third kappa shape index (κ3) is 3.40. The molecule has 0 bridgehead atoms. The van der Waals surface area contributed by atoms with Crippen molar-refractivity contribution >= 4 is 17.1 Å². The molecule has 1 aliphatic heterocycles. The van der Waals surface area contributed by atoms with Crippen molar-refractivity contribution < 1.29 is 14.3 Å². The Bertz CT molecular complexity index is 983. The summed E-state index contributed by atoms with van der Waals surface area (Å²) in [4.78, 5) is 18.8. The highest BCUT2D eigenvalue weighted by Gasteiger charge is 2.16. The lowest BCUT2D eigenvalue weighted by molar-refractivity contribution is 0.174. The van der Waals surface area contributed by atoms with Gasteiger partial charge in [0, 0.05) is 20.1 Å². The van der Waals surface area contributed by atoms with Crippen LogP contribution in [0.4, 0.5) is 4.79 Å². The highest BCUT2D eigenvalue weighted by Crippen LogP contribution is 2.32. The van der Waals surface area contributed by atoms with Crippen LogP contribution in [0, 0.1) is 0 Å². The predicted octanol–water partition coefficient (Wildman–Crippen LogP) is 3.13. The summed E-state index contributed by atoms with van der Waals surface area (Å²) in [5.74, 6) is 2.31. The highest BCUT2D eigenvalue weighted by molar-refractivity contribution is 5.76. The molecule has 0 fully saturated rings. The lowest BCUT2D eigenvalue weighted by Crippen LogP contribution is -2.36. The van der Waals surface area contributed by atoms with E-state index in [4.69, 9.17) is 9.47 Å². The Labute approximate surface area is 157 Å². The van der Waals surface area contributed by atoms with Gasteiger partial charge in [-0.2, -0.15) is 0 Å². The number of urea groups is 1. The Balaban J connectivity index is 1.40. The smallest absolute Gasteiger partial charge is 0.317 e.